The van der Waals surface area contributed by atoms with Gasteiger partial charge in [-0.3, -0.25) is 0 Å². The van der Waals surface area contributed by atoms with E-state index < -0.39 is 5.60 Å². The van der Waals surface area contributed by atoms with E-state index in [1.807, 2.05) is 19.0 Å². The number of hydrogen-bond donors (Lipinski definition) is 0. The molecule has 6 heteroatoms. The highest BCUT2D eigenvalue weighted by Gasteiger charge is 2.44. The second-order valence-electron chi connectivity index (χ2n) is 6.35. The summed E-state index contributed by atoms with van der Waals surface area (Å²) in [5.74, 6) is -0.711. The first-order valence-electron chi connectivity index (χ1n) is 7.68. The average Bonchev–Trinajstić information content (AvgIpc) is 2.87. The smallest absolute Gasteiger partial charge is 0.334 e. The van der Waals surface area contributed by atoms with E-state index in [9.17, 15) is 9.59 Å². The normalized spacial score (nSPS) is 20.1. The molecule has 0 bridgehead atoms. The van der Waals surface area contributed by atoms with Crippen molar-refractivity contribution in [2.75, 3.05) is 27.2 Å². The zero-order chi connectivity index (χ0) is 15.5. The number of carbonyl (C=O) groups excluding carboxylic acids is 2. The van der Waals surface area contributed by atoms with E-state index in [0.717, 1.165) is 38.6 Å². The highest BCUT2D eigenvalue weighted by molar-refractivity contribution is 6.01. The highest BCUT2D eigenvalue weighted by atomic mass is 35.5. The maximum Gasteiger partial charge on any atom is 0.334 e. The summed E-state index contributed by atoms with van der Waals surface area (Å²) in [6, 6.07) is 0. The Labute approximate surface area is 138 Å². The van der Waals surface area contributed by atoms with Gasteiger partial charge in [-0.15, -0.1) is 12.4 Å². The van der Waals surface area contributed by atoms with Crippen molar-refractivity contribution in [1.82, 2.24) is 4.90 Å². The van der Waals surface area contributed by atoms with Gasteiger partial charge in [0.05, 0.1) is 12.2 Å². The van der Waals surface area contributed by atoms with E-state index in [-0.39, 0.29) is 24.3 Å². The van der Waals surface area contributed by atoms with Gasteiger partial charge in [-0.25, -0.2) is 9.59 Å². The molecule has 1 heterocycles. The molecule has 0 atom stereocenters. The molecule has 0 aromatic rings. The number of ether oxygens (including phenoxy) is 2. The van der Waals surface area contributed by atoms with E-state index in [2.05, 4.69) is 0 Å². The van der Waals surface area contributed by atoms with Crippen LogP contribution in [0.1, 0.15) is 45.4 Å². The Hall–Kier alpha value is -1.07. The van der Waals surface area contributed by atoms with Crippen LogP contribution in [0.2, 0.25) is 0 Å². The molecule has 22 heavy (non-hydrogen) atoms. The molecule has 0 aromatic carbocycles. The van der Waals surface area contributed by atoms with Gasteiger partial charge in [0.2, 0.25) is 0 Å². The SMILES string of the molecule is CC1=C(C(=O)OCCCN(C)C)CC2(CCCC2)OC1=O.Cl. The Morgan fingerprint density at radius 1 is 1.32 bits per heavy atom. The van der Waals surface area contributed by atoms with Crippen LogP contribution in [0.15, 0.2) is 11.1 Å². The monoisotopic (exact) mass is 331 g/mol. The average molecular weight is 332 g/mol. The quantitative estimate of drug-likeness (QED) is 0.572. The largest absolute Gasteiger partial charge is 0.462 e. The minimum absolute atomic E-state index is 0. The molecule has 0 unspecified atom stereocenters. The van der Waals surface area contributed by atoms with Crippen LogP contribution >= 0.6 is 12.4 Å². The van der Waals surface area contributed by atoms with Gasteiger partial charge in [-0.05, 0) is 53.1 Å². The zero-order valence-electron chi connectivity index (χ0n) is 13.6. The van der Waals surface area contributed by atoms with E-state index >= 15 is 0 Å². The number of carbonyl (C=O) groups is 2. The number of rotatable bonds is 5. The maximum absolute atomic E-state index is 12.2. The molecule has 126 valence electrons. The lowest BCUT2D eigenvalue weighted by Crippen LogP contribution is -2.39. The standard InChI is InChI=1S/C16H25NO4.ClH/c1-12-13(15(19)20-10-6-9-17(2)3)11-16(21-14(12)18)7-4-5-8-16;/h4-11H2,1-3H3;1H. The molecule has 2 rings (SSSR count). The van der Waals surface area contributed by atoms with Crippen molar-refractivity contribution in [3.63, 3.8) is 0 Å². The van der Waals surface area contributed by atoms with Crippen LogP contribution in [0.4, 0.5) is 0 Å². The van der Waals surface area contributed by atoms with Crippen LogP contribution < -0.4 is 0 Å². The summed E-state index contributed by atoms with van der Waals surface area (Å²) in [5.41, 5.74) is 0.470. The van der Waals surface area contributed by atoms with Gasteiger partial charge in [-0.1, -0.05) is 0 Å². The van der Waals surface area contributed by atoms with Crippen molar-refractivity contribution >= 4 is 24.3 Å². The number of hydrogen-bond acceptors (Lipinski definition) is 5. The number of halogens is 1. The fraction of sp³-hybridized carbons (Fsp3) is 0.750. The summed E-state index contributed by atoms with van der Waals surface area (Å²) in [6.07, 6.45) is 5.11. The zero-order valence-corrected chi connectivity index (χ0v) is 14.5. The maximum atomic E-state index is 12.2. The van der Waals surface area contributed by atoms with E-state index in [0.29, 0.717) is 24.2 Å². The van der Waals surface area contributed by atoms with Gasteiger partial charge >= 0.3 is 11.9 Å². The van der Waals surface area contributed by atoms with E-state index in [1.165, 1.54) is 0 Å². The third-order valence-electron chi connectivity index (χ3n) is 4.31. The Morgan fingerprint density at radius 3 is 2.55 bits per heavy atom. The van der Waals surface area contributed by atoms with Crippen molar-refractivity contribution in [3.8, 4) is 0 Å². The summed E-state index contributed by atoms with van der Waals surface area (Å²) < 4.78 is 10.9. The van der Waals surface area contributed by atoms with Crippen LogP contribution in [-0.2, 0) is 19.1 Å². The van der Waals surface area contributed by atoms with Crippen LogP contribution in [-0.4, -0.2) is 49.7 Å². The van der Waals surface area contributed by atoms with Gasteiger partial charge in [-0.2, -0.15) is 0 Å². The van der Waals surface area contributed by atoms with Gasteiger partial charge in [0.15, 0.2) is 0 Å². The third-order valence-corrected chi connectivity index (χ3v) is 4.31. The molecule has 2 aliphatic rings. The fourth-order valence-corrected chi connectivity index (χ4v) is 3.04. The molecule has 1 aliphatic carbocycles. The first-order valence-corrected chi connectivity index (χ1v) is 7.68. The Bertz CT molecular complexity index is 453. The summed E-state index contributed by atoms with van der Waals surface area (Å²) in [6.45, 7) is 2.91. The molecule has 1 aliphatic heterocycles. The van der Waals surface area contributed by atoms with Crippen LogP contribution in [0.25, 0.3) is 0 Å². The fourth-order valence-electron chi connectivity index (χ4n) is 3.04. The second-order valence-corrected chi connectivity index (χ2v) is 6.35. The minimum Gasteiger partial charge on any atom is -0.462 e. The Morgan fingerprint density at radius 2 is 1.95 bits per heavy atom. The van der Waals surface area contributed by atoms with Crippen LogP contribution in [0, 0.1) is 0 Å². The van der Waals surface area contributed by atoms with Gasteiger partial charge in [0.1, 0.15) is 5.60 Å². The lowest BCUT2D eigenvalue weighted by Gasteiger charge is -2.34. The van der Waals surface area contributed by atoms with Crippen LogP contribution in [0.5, 0.6) is 0 Å². The molecule has 1 fully saturated rings. The third kappa shape index (κ3) is 4.46. The predicted molar refractivity (Wildman–Crippen MR) is 86.0 cm³/mol. The summed E-state index contributed by atoms with van der Waals surface area (Å²) >= 11 is 0. The first kappa shape index (κ1) is 19.0. The topological polar surface area (TPSA) is 55.8 Å². The van der Waals surface area contributed by atoms with E-state index in [4.69, 9.17) is 9.47 Å². The van der Waals surface area contributed by atoms with Crippen molar-refractivity contribution < 1.29 is 19.1 Å². The highest BCUT2D eigenvalue weighted by Crippen LogP contribution is 2.42. The molecule has 0 saturated heterocycles. The van der Waals surface area contributed by atoms with Gasteiger partial charge < -0.3 is 14.4 Å². The first-order chi connectivity index (χ1) is 9.93. The number of esters is 2. The van der Waals surface area contributed by atoms with Crippen molar-refractivity contribution in [2.45, 2.75) is 51.0 Å². The summed E-state index contributed by atoms with van der Waals surface area (Å²) in [4.78, 5) is 26.3. The van der Waals surface area contributed by atoms with Crippen LogP contribution in [0.3, 0.4) is 0 Å². The summed E-state index contributed by atoms with van der Waals surface area (Å²) in [7, 11) is 3.96. The molecule has 5 nitrogen and oxygen atoms in total. The van der Waals surface area contributed by atoms with Crippen molar-refractivity contribution in [2.24, 2.45) is 0 Å². The van der Waals surface area contributed by atoms with Crippen molar-refractivity contribution in [3.05, 3.63) is 11.1 Å². The molecular weight excluding hydrogens is 306 g/mol. The lowest BCUT2D eigenvalue weighted by molar-refractivity contribution is -0.159. The molecule has 1 spiro atoms. The van der Waals surface area contributed by atoms with E-state index in [1.54, 1.807) is 6.92 Å². The van der Waals surface area contributed by atoms with Crippen molar-refractivity contribution in [1.29, 1.82) is 0 Å². The molecular formula is C16H26ClNO4. The molecule has 1 saturated carbocycles. The molecule has 0 radical (unpaired) electrons. The minimum atomic E-state index is -0.450. The predicted octanol–water partition coefficient (Wildman–Crippen LogP) is 2.48. The Balaban J connectivity index is 0.00000242. The number of nitrogens with zero attached hydrogens (tertiary/aromatic N) is 1. The second kappa shape index (κ2) is 7.97. The summed E-state index contributed by atoms with van der Waals surface area (Å²) in [5, 5.41) is 0. The molecule has 0 amide bonds. The molecule has 0 N–H and O–H groups in total. The van der Waals surface area contributed by atoms with Gasteiger partial charge in [0.25, 0.3) is 0 Å². The molecule has 0 aromatic heterocycles. The Kier molecular flexibility index (Phi) is 6.88. The lowest BCUT2D eigenvalue weighted by atomic mass is 9.87. The van der Waals surface area contributed by atoms with Gasteiger partial charge in [0, 0.05) is 18.5 Å².